The summed E-state index contributed by atoms with van der Waals surface area (Å²) in [4.78, 5) is 4.33. The van der Waals surface area contributed by atoms with Crippen LogP contribution in [0.1, 0.15) is 58.8 Å². The van der Waals surface area contributed by atoms with Crippen molar-refractivity contribution in [2.75, 3.05) is 0 Å². The molecule has 2 rings (SSSR count). The summed E-state index contributed by atoms with van der Waals surface area (Å²) < 4.78 is 1.92. The molecule has 102 valence electrons. The van der Waals surface area contributed by atoms with Gasteiger partial charge in [-0.3, -0.25) is 0 Å². The van der Waals surface area contributed by atoms with Gasteiger partial charge in [0.25, 0.3) is 0 Å². The van der Waals surface area contributed by atoms with E-state index < -0.39 is 5.60 Å². The highest BCUT2D eigenvalue weighted by Gasteiger charge is 2.40. The van der Waals surface area contributed by atoms with Crippen molar-refractivity contribution < 1.29 is 5.11 Å². The zero-order valence-electron chi connectivity index (χ0n) is 11.9. The minimum atomic E-state index is -0.614. The Balaban J connectivity index is 2.19. The van der Waals surface area contributed by atoms with E-state index in [0.29, 0.717) is 24.3 Å². The van der Waals surface area contributed by atoms with Crippen LogP contribution in [0.3, 0.4) is 0 Å². The van der Waals surface area contributed by atoms with Gasteiger partial charge in [0.05, 0.1) is 5.60 Å². The van der Waals surface area contributed by atoms with E-state index in [0.717, 1.165) is 18.7 Å². The maximum absolute atomic E-state index is 10.9. The van der Waals surface area contributed by atoms with Crippen LogP contribution in [-0.4, -0.2) is 25.5 Å². The second kappa shape index (κ2) is 5.00. The summed E-state index contributed by atoms with van der Waals surface area (Å²) >= 11 is 0. The molecule has 1 aliphatic carbocycles. The highest BCUT2D eigenvalue weighted by Crippen LogP contribution is 2.39. The Morgan fingerprint density at radius 1 is 1.50 bits per heavy atom. The molecule has 3 unspecified atom stereocenters. The molecule has 0 amide bonds. The minimum Gasteiger partial charge on any atom is -0.389 e. The van der Waals surface area contributed by atoms with Crippen LogP contribution < -0.4 is 0 Å². The lowest BCUT2D eigenvalue weighted by Gasteiger charge is -2.41. The Labute approximate surface area is 109 Å². The second-order valence-electron chi connectivity index (χ2n) is 6.15. The van der Waals surface area contributed by atoms with E-state index in [1.165, 1.54) is 6.42 Å². The van der Waals surface area contributed by atoms with Crippen LogP contribution in [0.5, 0.6) is 0 Å². The minimum absolute atomic E-state index is 0.294. The maximum Gasteiger partial charge on any atom is 0.138 e. The smallest absolute Gasteiger partial charge is 0.138 e. The quantitative estimate of drug-likeness (QED) is 0.898. The van der Waals surface area contributed by atoms with Crippen LogP contribution in [0.4, 0.5) is 0 Å². The number of aliphatic hydroxyl groups is 1. The normalized spacial score (nSPS) is 33.0. The molecule has 1 aromatic heterocycles. The van der Waals surface area contributed by atoms with Gasteiger partial charge in [0.2, 0.25) is 0 Å². The molecule has 1 aliphatic rings. The van der Waals surface area contributed by atoms with E-state index in [1.54, 1.807) is 6.33 Å². The molecular weight excluding hydrogens is 226 g/mol. The number of hydrogen-bond donors (Lipinski definition) is 1. The molecule has 4 heteroatoms. The topological polar surface area (TPSA) is 50.9 Å². The lowest BCUT2D eigenvalue weighted by atomic mass is 9.69. The zero-order chi connectivity index (χ0) is 13.3. The fraction of sp³-hybridized carbons (Fsp3) is 0.857. The molecule has 18 heavy (non-hydrogen) atoms. The number of nitrogens with zero attached hydrogens (tertiary/aromatic N) is 3. The first-order valence-corrected chi connectivity index (χ1v) is 7.05. The van der Waals surface area contributed by atoms with Crippen LogP contribution in [0.2, 0.25) is 0 Å². The molecule has 1 fully saturated rings. The highest BCUT2D eigenvalue weighted by molar-refractivity contribution is 5.00. The molecule has 1 aromatic rings. The van der Waals surface area contributed by atoms with Gasteiger partial charge < -0.3 is 5.11 Å². The van der Waals surface area contributed by atoms with Gasteiger partial charge in [-0.15, -0.1) is 0 Å². The second-order valence-corrected chi connectivity index (χ2v) is 6.15. The van der Waals surface area contributed by atoms with Crippen LogP contribution in [0.25, 0.3) is 0 Å². The third kappa shape index (κ3) is 2.44. The number of hydrogen-bond acceptors (Lipinski definition) is 3. The Kier molecular flexibility index (Phi) is 3.76. The van der Waals surface area contributed by atoms with Crippen molar-refractivity contribution in [3.05, 3.63) is 12.2 Å². The standard InChI is InChI=1S/C14H25N3O/c1-10(2)17-13(15-9-16-17)8-14(18)7-5-6-11(3)12(14)4/h9-12,18H,5-8H2,1-4H3. The van der Waals surface area contributed by atoms with Crippen molar-refractivity contribution in [2.24, 2.45) is 11.8 Å². The summed E-state index contributed by atoms with van der Waals surface area (Å²) in [6.07, 6.45) is 5.42. The first-order valence-electron chi connectivity index (χ1n) is 7.05. The Hall–Kier alpha value is -0.900. The SMILES string of the molecule is CC1CCCC(O)(Cc2ncnn2C(C)C)C1C. The van der Waals surface area contributed by atoms with E-state index in [2.05, 4.69) is 37.8 Å². The Morgan fingerprint density at radius 2 is 2.22 bits per heavy atom. The van der Waals surface area contributed by atoms with Gasteiger partial charge >= 0.3 is 0 Å². The van der Waals surface area contributed by atoms with Gasteiger partial charge in [-0.1, -0.05) is 26.7 Å². The summed E-state index contributed by atoms with van der Waals surface area (Å²) in [7, 11) is 0. The van der Waals surface area contributed by atoms with Crippen molar-refractivity contribution in [3.8, 4) is 0 Å². The van der Waals surface area contributed by atoms with Crippen molar-refractivity contribution in [2.45, 2.75) is 65.0 Å². The largest absolute Gasteiger partial charge is 0.389 e. The molecule has 0 bridgehead atoms. The van der Waals surface area contributed by atoms with Gasteiger partial charge in [-0.05, 0) is 32.1 Å². The summed E-state index contributed by atoms with van der Waals surface area (Å²) in [6, 6.07) is 0.294. The predicted octanol–water partition coefficient (Wildman–Crippen LogP) is 2.59. The molecule has 0 aliphatic heterocycles. The van der Waals surface area contributed by atoms with Crippen molar-refractivity contribution in [1.29, 1.82) is 0 Å². The number of aromatic nitrogens is 3. The van der Waals surface area contributed by atoms with E-state index in [-0.39, 0.29) is 0 Å². The molecule has 0 radical (unpaired) electrons. The first kappa shape index (κ1) is 13.5. The Bertz CT molecular complexity index is 401. The van der Waals surface area contributed by atoms with Gasteiger partial charge in [0, 0.05) is 12.5 Å². The van der Waals surface area contributed by atoms with Gasteiger partial charge in [0.15, 0.2) is 0 Å². The predicted molar refractivity (Wildman–Crippen MR) is 71.2 cm³/mol. The fourth-order valence-electron chi connectivity index (χ4n) is 3.09. The van der Waals surface area contributed by atoms with Crippen LogP contribution >= 0.6 is 0 Å². The molecule has 3 atom stereocenters. The summed E-state index contributed by atoms with van der Waals surface area (Å²) in [5, 5.41) is 15.2. The summed E-state index contributed by atoms with van der Waals surface area (Å²) in [5.74, 6) is 1.82. The average molecular weight is 251 g/mol. The van der Waals surface area contributed by atoms with Crippen molar-refractivity contribution in [3.63, 3.8) is 0 Å². The monoisotopic (exact) mass is 251 g/mol. The molecule has 4 nitrogen and oxygen atoms in total. The third-order valence-corrected chi connectivity index (χ3v) is 4.57. The van der Waals surface area contributed by atoms with Crippen LogP contribution in [-0.2, 0) is 6.42 Å². The molecule has 0 saturated heterocycles. The van der Waals surface area contributed by atoms with Crippen molar-refractivity contribution >= 4 is 0 Å². The molecule has 1 heterocycles. The molecule has 1 N–H and O–H groups in total. The van der Waals surface area contributed by atoms with Gasteiger partial charge in [-0.2, -0.15) is 5.10 Å². The van der Waals surface area contributed by atoms with Gasteiger partial charge in [0.1, 0.15) is 12.2 Å². The molecular formula is C14H25N3O. The molecule has 0 spiro atoms. The van der Waals surface area contributed by atoms with E-state index in [9.17, 15) is 5.11 Å². The molecule has 0 aromatic carbocycles. The highest BCUT2D eigenvalue weighted by atomic mass is 16.3. The third-order valence-electron chi connectivity index (χ3n) is 4.57. The maximum atomic E-state index is 10.9. The fourth-order valence-corrected chi connectivity index (χ4v) is 3.09. The summed E-state index contributed by atoms with van der Waals surface area (Å²) in [6.45, 7) is 8.59. The average Bonchev–Trinajstić information content (AvgIpc) is 2.74. The lowest BCUT2D eigenvalue weighted by molar-refractivity contribution is -0.0641. The zero-order valence-corrected chi connectivity index (χ0v) is 11.9. The Morgan fingerprint density at radius 3 is 2.89 bits per heavy atom. The molecule has 1 saturated carbocycles. The van der Waals surface area contributed by atoms with Crippen molar-refractivity contribution in [1.82, 2.24) is 14.8 Å². The van der Waals surface area contributed by atoms with Crippen LogP contribution in [0, 0.1) is 11.8 Å². The lowest BCUT2D eigenvalue weighted by Crippen LogP contribution is -2.45. The summed E-state index contributed by atoms with van der Waals surface area (Å²) in [5.41, 5.74) is -0.614. The van der Waals surface area contributed by atoms with E-state index in [4.69, 9.17) is 0 Å². The first-order chi connectivity index (χ1) is 8.44. The van der Waals surface area contributed by atoms with Crippen LogP contribution in [0.15, 0.2) is 6.33 Å². The van der Waals surface area contributed by atoms with Gasteiger partial charge in [-0.25, -0.2) is 9.67 Å². The van der Waals surface area contributed by atoms with E-state index in [1.807, 2.05) is 4.68 Å². The van der Waals surface area contributed by atoms with E-state index >= 15 is 0 Å². The number of rotatable bonds is 3.